The molecule has 1 aliphatic heterocycles. The Morgan fingerprint density at radius 2 is 1.73 bits per heavy atom. The molecule has 5 aromatic rings. The SMILES string of the molecule is CN(C)c1cncc(-c2ccc3[nH]nc(-c4cc5c(N6CCCCC6)cccc5[nH]4)c3c2)c1. The molecule has 3 aromatic heterocycles. The molecular formula is C27H28N6. The molecule has 0 atom stereocenters. The quantitative estimate of drug-likeness (QED) is 0.372. The van der Waals surface area contributed by atoms with Crippen molar-refractivity contribution < 1.29 is 0 Å². The van der Waals surface area contributed by atoms with Crippen LogP contribution < -0.4 is 9.80 Å². The van der Waals surface area contributed by atoms with Crippen molar-refractivity contribution in [2.75, 3.05) is 37.0 Å². The largest absolute Gasteiger partial charge is 0.376 e. The maximum Gasteiger partial charge on any atom is 0.116 e. The Morgan fingerprint density at radius 3 is 2.58 bits per heavy atom. The van der Waals surface area contributed by atoms with Gasteiger partial charge in [-0.2, -0.15) is 5.10 Å². The lowest BCUT2D eigenvalue weighted by atomic mass is 10.0. The molecule has 0 saturated carbocycles. The zero-order valence-corrected chi connectivity index (χ0v) is 19.1. The third-order valence-electron chi connectivity index (χ3n) is 6.73. The number of nitrogens with one attached hydrogen (secondary N) is 2. The van der Waals surface area contributed by atoms with E-state index in [9.17, 15) is 0 Å². The molecule has 6 nitrogen and oxygen atoms in total. The van der Waals surface area contributed by atoms with Crippen LogP contribution in [0.4, 0.5) is 11.4 Å². The first kappa shape index (κ1) is 19.9. The van der Waals surface area contributed by atoms with Crippen LogP contribution in [0.1, 0.15) is 19.3 Å². The molecule has 6 rings (SSSR count). The van der Waals surface area contributed by atoms with Crippen LogP contribution in [-0.2, 0) is 0 Å². The van der Waals surface area contributed by atoms with E-state index in [1.165, 1.54) is 30.3 Å². The summed E-state index contributed by atoms with van der Waals surface area (Å²) in [5.74, 6) is 0. The smallest absolute Gasteiger partial charge is 0.116 e. The van der Waals surface area contributed by atoms with E-state index in [2.05, 4.69) is 78.5 Å². The van der Waals surface area contributed by atoms with E-state index in [4.69, 9.17) is 0 Å². The number of hydrogen-bond donors (Lipinski definition) is 2. The number of H-pyrrole nitrogens is 2. The number of rotatable bonds is 4. The minimum absolute atomic E-state index is 0.948. The molecule has 2 N–H and O–H groups in total. The summed E-state index contributed by atoms with van der Waals surface area (Å²) in [7, 11) is 4.07. The van der Waals surface area contributed by atoms with E-state index in [-0.39, 0.29) is 0 Å². The van der Waals surface area contributed by atoms with Crippen LogP contribution in [0.3, 0.4) is 0 Å². The molecule has 2 aromatic carbocycles. The number of benzene rings is 2. The number of aromatic amines is 2. The van der Waals surface area contributed by atoms with Gasteiger partial charge in [0.25, 0.3) is 0 Å². The summed E-state index contributed by atoms with van der Waals surface area (Å²) < 4.78 is 0. The van der Waals surface area contributed by atoms with Crippen LogP contribution in [0.2, 0.25) is 0 Å². The fourth-order valence-corrected chi connectivity index (χ4v) is 4.91. The molecular weight excluding hydrogens is 408 g/mol. The van der Waals surface area contributed by atoms with Crippen molar-refractivity contribution in [3.63, 3.8) is 0 Å². The van der Waals surface area contributed by atoms with E-state index in [0.717, 1.165) is 57.7 Å². The van der Waals surface area contributed by atoms with Crippen molar-refractivity contribution in [2.45, 2.75) is 19.3 Å². The average molecular weight is 437 g/mol. The summed E-state index contributed by atoms with van der Waals surface area (Å²) in [6, 6.07) is 17.4. The van der Waals surface area contributed by atoms with Gasteiger partial charge in [-0.05, 0) is 61.2 Å². The van der Waals surface area contributed by atoms with Crippen LogP contribution in [0.15, 0.2) is 60.9 Å². The van der Waals surface area contributed by atoms with E-state index in [1.807, 2.05) is 26.5 Å². The number of aromatic nitrogens is 4. The van der Waals surface area contributed by atoms with Crippen LogP contribution in [0, 0.1) is 0 Å². The van der Waals surface area contributed by atoms with Crippen LogP contribution in [0.25, 0.3) is 44.3 Å². The molecule has 0 radical (unpaired) electrons. The van der Waals surface area contributed by atoms with Gasteiger partial charge in [-0.25, -0.2) is 0 Å². The predicted octanol–water partition coefficient (Wildman–Crippen LogP) is 5.83. The molecule has 6 heteroatoms. The first-order chi connectivity index (χ1) is 16.2. The first-order valence-electron chi connectivity index (χ1n) is 11.7. The molecule has 0 bridgehead atoms. The zero-order chi connectivity index (χ0) is 22.4. The summed E-state index contributed by atoms with van der Waals surface area (Å²) in [6.45, 7) is 2.27. The Kier molecular flexibility index (Phi) is 4.79. The summed E-state index contributed by atoms with van der Waals surface area (Å²) in [6.07, 6.45) is 7.67. The number of fused-ring (bicyclic) bond motifs is 2. The molecule has 1 saturated heterocycles. The second kappa shape index (κ2) is 7.96. The lowest BCUT2D eigenvalue weighted by molar-refractivity contribution is 0.579. The van der Waals surface area contributed by atoms with Gasteiger partial charge in [0.05, 0.1) is 23.1 Å². The van der Waals surface area contributed by atoms with E-state index in [1.54, 1.807) is 0 Å². The third kappa shape index (κ3) is 3.52. The number of hydrogen-bond acceptors (Lipinski definition) is 4. The fraction of sp³-hybridized carbons (Fsp3) is 0.259. The highest BCUT2D eigenvalue weighted by molar-refractivity contribution is 6.01. The van der Waals surface area contributed by atoms with Gasteiger partial charge in [0.15, 0.2) is 0 Å². The Bertz CT molecular complexity index is 1440. The topological polar surface area (TPSA) is 63.8 Å². The lowest BCUT2D eigenvalue weighted by Gasteiger charge is -2.29. The van der Waals surface area contributed by atoms with Crippen molar-refractivity contribution in [2.24, 2.45) is 0 Å². The van der Waals surface area contributed by atoms with Gasteiger partial charge in [-0.1, -0.05) is 12.1 Å². The Balaban J connectivity index is 1.44. The van der Waals surface area contributed by atoms with Gasteiger partial charge in [0.1, 0.15) is 5.69 Å². The summed E-state index contributed by atoms with van der Waals surface area (Å²) in [5, 5.41) is 10.3. The second-order valence-corrected chi connectivity index (χ2v) is 9.13. The van der Waals surface area contributed by atoms with Gasteiger partial charge in [-0.3, -0.25) is 10.1 Å². The normalized spacial score (nSPS) is 14.3. The van der Waals surface area contributed by atoms with Crippen molar-refractivity contribution in [1.82, 2.24) is 20.2 Å². The van der Waals surface area contributed by atoms with Crippen LogP contribution >= 0.6 is 0 Å². The number of nitrogens with zero attached hydrogens (tertiary/aromatic N) is 4. The van der Waals surface area contributed by atoms with Crippen molar-refractivity contribution in [3.8, 4) is 22.5 Å². The van der Waals surface area contributed by atoms with Crippen LogP contribution in [-0.4, -0.2) is 47.4 Å². The van der Waals surface area contributed by atoms with Gasteiger partial charge >= 0.3 is 0 Å². The van der Waals surface area contributed by atoms with Gasteiger partial charge in [0.2, 0.25) is 0 Å². The molecule has 0 aliphatic carbocycles. The number of pyridine rings is 1. The monoisotopic (exact) mass is 436 g/mol. The lowest BCUT2D eigenvalue weighted by Crippen LogP contribution is -2.29. The van der Waals surface area contributed by atoms with Gasteiger partial charge < -0.3 is 14.8 Å². The summed E-state index contributed by atoms with van der Waals surface area (Å²) in [4.78, 5) is 12.7. The second-order valence-electron chi connectivity index (χ2n) is 9.13. The van der Waals surface area contributed by atoms with Gasteiger partial charge in [-0.15, -0.1) is 0 Å². The molecule has 0 spiro atoms. The standard InChI is InChI=1S/C27H28N6/c1-32(2)20-13-19(16-28-17-20)18-9-10-24-22(14-18)27(31-30-24)25-15-21-23(29-25)7-6-8-26(21)33-11-4-3-5-12-33/h6-10,13-17,29H,3-5,11-12H2,1-2H3,(H,30,31). The summed E-state index contributed by atoms with van der Waals surface area (Å²) >= 11 is 0. The molecule has 166 valence electrons. The fourth-order valence-electron chi connectivity index (χ4n) is 4.91. The maximum atomic E-state index is 4.69. The van der Waals surface area contributed by atoms with Gasteiger partial charge in [0, 0.05) is 60.9 Å². The first-order valence-corrected chi connectivity index (χ1v) is 11.7. The molecule has 33 heavy (non-hydrogen) atoms. The average Bonchev–Trinajstić information content (AvgIpc) is 3.48. The minimum atomic E-state index is 0.948. The maximum absolute atomic E-state index is 4.69. The van der Waals surface area contributed by atoms with Crippen LogP contribution in [0.5, 0.6) is 0 Å². The highest BCUT2D eigenvalue weighted by Crippen LogP contribution is 2.35. The molecule has 0 amide bonds. The third-order valence-corrected chi connectivity index (χ3v) is 6.73. The Hall–Kier alpha value is -3.80. The molecule has 1 fully saturated rings. The molecule has 4 heterocycles. The predicted molar refractivity (Wildman–Crippen MR) is 137 cm³/mol. The van der Waals surface area contributed by atoms with E-state index < -0.39 is 0 Å². The molecule has 0 unspecified atom stereocenters. The van der Waals surface area contributed by atoms with E-state index >= 15 is 0 Å². The van der Waals surface area contributed by atoms with E-state index in [0.29, 0.717) is 0 Å². The highest BCUT2D eigenvalue weighted by atomic mass is 15.1. The zero-order valence-electron chi connectivity index (χ0n) is 19.1. The molecule has 1 aliphatic rings. The van der Waals surface area contributed by atoms with Crippen molar-refractivity contribution >= 4 is 33.2 Å². The Labute approximate surface area is 193 Å². The minimum Gasteiger partial charge on any atom is -0.376 e. The number of anilines is 2. The summed E-state index contributed by atoms with van der Waals surface area (Å²) in [5.41, 5.74) is 8.81. The van der Waals surface area contributed by atoms with Crippen molar-refractivity contribution in [3.05, 3.63) is 60.9 Å². The Morgan fingerprint density at radius 1 is 0.848 bits per heavy atom. The number of piperidine rings is 1. The van der Waals surface area contributed by atoms with Crippen molar-refractivity contribution in [1.29, 1.82) is 0 Å². The highest BCUT2D eigenvalue weighted by Gasteiger charge is 2.17.